The first kappa shape index (κ1) is 19.9. The Morgan fingerprint density at radius 2 is 1.69 bits per heavy atom. The highest BCUT2D eigenvalue weighted by atomic mass is 19.1. The minimum atomic E-state index is -0.321. The van der Waals surface area contributed by atoms with Gasteiger partial charge in [0, 0.05) is 41.4 Å². The number of halogens is 2. The van der Waals surface area contributed by atoms with Gasteiger partial charge in [-0.15, -0.1) is 0 Å². The Morgan fingerprint density at radius 1 is 1.10 bits per heavy atom. The standard InChI is InChI=1S/C24H28F2N2O/c1-13-8-16(9-14(2)23(13)27-20(29)11-24(3,4)5)28-12-15-10-19(28)22-18(26)7-6-17(25)21(15)22/h6-9,15,19H,10-12H2,1-5H3,(H,27,29). The van der Waals surface area contributed by atoms with E-state index in [1.807, 2.05) is 46.8 Å². The van der Waals surface area contributed by atoms with Gasteiger partial charge in [-0.25, -0.2) is 8.78 Å². The van der Waals surface area contributed by atoms with Gasteiger partial charge >= 0.3 is 0 Å². The number of carbonyl (C=O) groups excluding carboxylic acids is 1. The number of benzene rings is 2. The van der Waals surface area contributed by atoms with Crippen LogP contribution < -0.4 is 10.2 Å². The van der Waals surface area contributed by atoms with E-state index < -0.39 is 0 Å². The molecule has 2 aromatic rings. The van der Waals surface area contributed by atoms with E-state index in [0.717, 1.165) is 28.9 Å². The van der Waals surface area contributed by atoms with Crippen LogP contribution >= 0.6 is 0 Å². The van der Waals surface area contributed by atoms with Gasteiger partial charge in [0.1, 0.15) is 11.6 Å². The molecule has 0 spiro atoms. The summed E-state index contributed by atoms with van der Waals surface area (Å²) in [7, 11) is 0. The molecule has 29 heavy (non-hydrogen) atoms. The lowest BCUT2D eigenvalue weighted by molar-refractivity contribution is -0.117. The topological polar surface area (TPSA) is 32.3 Å². The molecule has 2 aromatic carbocycles. The summed E-state index contributed by atoms with van der Waals surface area (Å²) in [6, 6.07) is 6.42. The van der Waals surface area contributed by atoms with Crippen LogP contribution in [0.4, 0.5) is 20.2 Å². The van der Waals surface area contributed by atoms with Crippen molar-refractivity contribution < 1.29 is 13.6 Å². The summed E-state index contributed by atoms with van der Waals surface area (Å²) >= 11 is 0. The molecular formula is C24H28F2N2O. The van der Waals surface area contributed by atoms with Gasteiger partial charge in [0.15, 0.2) is 0 Å². The van der Waals surface area contributed by atoms with Crippen molar-refractivity contribution in [1.82, 2.24) is 0 Å². The number of nitrogens with one attached hydrogen (secondary N) is 1. The molecule has 1 saturated heterocycles. The maximum absolute atomic E-state index is 14.5. The van der Waals surface area contributed by atoms with Gasteiger partial charge in [0.25, 0.3) is 0 Å². The van der Waals surface area contributed by atoms with E-state index in [0.29, 0.717) is 24.1 Å². The highest BCUT2D eigenvalue weighted by Crippen LogP contribution is 2.53. The van der Waals surface area contributed by atoms with E-state index in [4.69, 9.17) is 0 Å². The minimum Gasteiger partial charge on any atom is -0.364 e. The number of hydrogen-bond acceptors (Lipinski definition) is 2. The van der Waals surface area contributed by atoms with Crippen LogP contribution in [0.3, 0.4) is 0 Å². The van der Waals surface area contributed by atoms with Crippen LogP contribution in [0, 0.1) is 30.9 Å². The predicted molar refractivity (Wildman–Crippen MR) is 112 cm³/mol. The molecule has 2 unspecified atom stereocenters. The molecule has 2 aliphatic rings. The van der Waals surface area contributed by atoms with E-state index in [1.165, 1.54) is 12.1 Å². The first-order valence-corrected chi connectivity index (χ1v) is 10.2. The summed E-state index contributed by atoms with van der Waals surface area (Å²) in [5, 5.41) is 3.05. The number of rotatable bonds is 3. The number of fused-ring (bicyclic) bond motifs is 5. The molecule has 4 rings (SSSR count). The first-order valence-electron chi connectivity index (χ1n) is 10.2. The van der Waals surface area contributed by atoms with Crippen LogP contribution in [0.1, 0.15) is 67.8 Å². The summed E-state index contributed by atoms with van der Waals surface area (Å²) in [5.41, 5.74) is 4.79. The first-order chi connectivity index (χ1) is 13.5. The third kappa shape index (κ3) is 3.52. The maximum atomic E-state index is 14.5. The van der Waals surface area contributed by atoms with Crippen LogP contribution in [0.5, 0.6) is 0 Å². The highest BCUT2D eigenvalue weighted by Gasteiger charge is 2.46. The Morgan fingerprint density at radius 3 is 2.28 bits per heavy atom. The molecule has 1 aliphatic carbocycles. The molecule has 2 atom stereocenters. The van der Waals surface area contributed by atoms with E-state index in [9.17, 15) is 13.6 Å². The molecule has 1 N–H and O–H groups in total. The monoisotopic (exact) mass is 398 g/mol. The van der Waals surface area contributed by atoms with Crippen molar-refractivity contribution in [1.29, 1.82) is 0 Å². The third-order valence-corrected chi connectivity index (χ3v) is 6.03. The number of hydrogen-bond donors (Lipinski definition) is 1. The number of anilines is 2. The molecule has 1 amide bonds. The summed E-state index contributed by atoms with van der Waals surface area (Å²) < 4.78 is 28.7. The Kier molecular flexibility index (Phi) is 4.67. The van der Waals surface area contributed by atoms with E-state index in [1.54, 1.807) is 0 Å². The van der Waals surface area contributed by atoms with Crippen molar-refractivity contribution in [3.05, 3.63) is 58.2 Å². The quantitative estimate of drug-likeness (QED) is 0.687. The van der Waals surface area contributed by atoms with Gasteiger partial charge in [-0.05, 0) is 61.1 Å². The molecule has 0 saturated carbocycles. The van der Waals surface area contributed by atoms with E-state index in [-0.39, 0.29) is 34.9 Å². The van der Waals surface area contributed by atoms with Crippen LogP contribution in [-0.4, -0.2) is 12.5 Å². The molecule has 0 radical (unpaired) electrons. The van der Waals surface area contributed by atoms with Crippen LogP contribution in [0.15, 0.2) is 24.3 Å². The van der Waals surface area contributed by atoms with Gasteiger partial charge < -0.3 is 10.2 Å². The average molecular weight is 398 g/mol. The second-order valence-electron chi connectivity index (χ2n) is 9.70. The van der Waals surface area contributed by atoms with Crippen molar-refractivity contribution in [2.24, 2.45) is 5.41 Å². The lowest BCUT2D eigenvalue weighted by Gasteiger charge is -2.32. The predicted octanol–water partition coefficient (Wildman–Crippen LogP) is 6.00. The fourth-order valence-corrected chi connectivity index (χ4v) is 4.91. The molecule has 3 nitrogen and oxygen atoms in total. The lowest BCUT2D eigenvalue weighted by atomic mass is 9.92. The van der Waals surface area contributed by atoms with Crippen molar-refractivity contribution in [3.8, 4) is 0 Å². The Balaban J connectivity index is 1.62. The van der Waals surface area contributed by atoms with Gasteiger partial charge in [0.05, 0.1) is 6.04 Å². The van der Waals surface area contributed by atoms with Gasteiger partial charge in [-0.2, -0.15) is 0 Å². The maximum Gasteiger partial charge on any atom is 0.224 e. The van der Waals surface area contributed by atoms with Crippen molar-refractivity contribution in [2.45, 2.75) is 59.4 Å². The molecule has 5 heteroatoms. The SMILES string of the molecule is Cc1cc(N2CC3CC2c2c(F)ccc(F)c23)cc(C)c1NC(=O)CC(C)(C)C. The normalized spacial score (nSPS) is 20.2. The molecule has 2 bridgehead atoms. The Labute approximate surface area is 171 Å². The largest absolute Gasteiger partial charge is 0.364 e. The van der Waals surface area contributed by atoms with Gasteiger partial charge in [0.2, 0.25) is 5.91 Å². The fraction of sp³-hybridized carbons (Fsp3) is 0.458. The zero-order valence-corrected chi connectivity index (χ0v) is 17.7. The second-order valence-corrected chi connectivity index (χ2v) is 9.70. The number of aryl methyl sites for hydroxylation is 2. The van der Waals surface area contributed by atoms with Crippen molar-refractivity contribution in [2.75, 3.05) is 16.8 Å². The minimum absolute atomic E-state index is 0.00292. The van der Waals surface area contributed by atoms with E-state index in [2.05, 4.69) is 10.2 Å². The molecule has 1 heterocycles. The Hall–Kier alpha value is -2.43. The molecule has 0 aromatic heterocycles. The third-order valence-electron chi connectivity index (χ3n) is 6.03. The summed E-state index contributed by atoms with van der Waals surface area (Å²) in [4.78, 5) is 14.6. The van der Waals surface area contributed by atoms with Gasteiger partial charge in [-0.1, -0.05) is 20.8 Å². The smallest absolute Gasteiger partial charge is 0.224 e. The second kappa shape index (κ2) is 6.82. The van der Waals surface area contributed by atoms with Crippen molar-refractivity contribution >= 4 is 17.3 Å². The number of carbonyl (C=O) groups is 1. The van der Waals surface area contributed by atoms with Crippen LogP contribution in [0.2, 0.25) is 0 Å². The Bertz CT molecular complexity index is 970. The van der Waals surface area contributed by atoms with Crippen LogP contribution in [-0.2, 0) is 4.79 Å². The summed E-state index contributed by atoms with van der Waals surface area (Å²) in [5.74, 6) is -0.587. The van der Waals surface area contributed by atoms with Crippen LogP contribution in [0.25, 0.3) is 0 Å². The molecule has 1 fully saturated rings. The summed E-state index contributed by atoms with van der Waals surface area (Å²) in [6.45, 7) is 10.8. The summed E-state index contributed by atoms with van der Waals surface area (Å²) in [6.07, 6.45) is 1.19. The highest BCUT2D eigenvalue weighted by molar-refractivity contribution is 5.93. The molecule has 1 aliphatic heterocycles. The number of amides is 1. The van der Waals surface area contributed by atoms with Gasteiger partial charge in [-0.3, -0.25) is 4.79 Å². The van der Waals surface area contributed by atoms with E-state index >= 15 is 0 Å². The zero-order valence-electron chi connectivity index (χ0n) is 17.7. The fourth-order valence-electron chi connectivity index (χ4n) is 4.91. The number of nitrogens with zero attached hydrogens (tertiary/aromatic N) is 1. The average Bonchev–Trinajstić information content (AvgIpc) is 3.19. The molecule has 154 valence electrons. The lowest BCUT2D eigenvalue weighted by Crippen LogP contribution is -2.29. The zero-order chi connectivity index (χ0) is 21.1. The molecular weight excluding hydrogens is 370 g/mol. The van der Waals surface area contributed by atoms with Crippen molar-refractivity contribution in [3.63, 3.8) is 0 Å².